The normalized spacial score (nSPS) is 12.9. The molecule has 61 heavy (non-hydrogen) atoms. The fourth-order valence-corrected chi connectivity index (χ4v) is 10.1. The smallest absolute Gasteiger partial charge is 0.136 e. The summed E-state index contributed by atoms with van der Waals surface area (Å²) in [5.41, 5.74) is 17.2. The van der Waals surface area contributed by atoms with E-state index in [1.54, 1.807) is 0 Å². The molecule has 0 unspecified atom stereocenters. The number of anilines is 3. The van der Waals surface area contributed by atoms with Gasteiger partial charge >= 0.3 is 0 Å². The second-order valence-electron chi connectivity index (χ2n) is 16.9. The average molecular weight is 780 g/mol. The first-order valence-corrected chi connectivity index (χ1v) is 21.2. The van der Waals surface area contributed by atoms with Crippen LogP contribution in [0.2, 0.25) is 0 Å². The minimum atomic E-state index is -0.166. The summed E-state index contributed by atoms with van der Waals surface area (Å²) in [4.78, 5) is 2.49. The summed E-state index contributed by atoms with van der Waals surface area (Å²) in [6.07, 6.45) is 0. The second-order valence-corrected chi connectivity index (χ2v) is 16.9. The standard InChI is InChI=1S/C59H41NO/c1-59(2)53-27-12-10-24-48(53)49-33-31-43(37-54(49)59)60(42-20-14-19-39(34-42)38-16-4-3-5-17-38)55-28-15-26-45(41-30-32-51-50-25-11-13-29-56(50)61-57(51)36-41)58(55)52-35-40-18-6-7-21-44(40)46-22-8-9-23-47(46)52/h3-37H,1-2H3. The predicted octanol–water partition coefficient (Wildman–Crippen LogP) is 16.7. The molecule has 0 amide bonds. The fraction of sp³-hybridized carbons (Fsp3) is 0.0508. The Kier molecular flexibility index (Phi) is 7.92. The van der Waals surface area contributed by atoms with Crippen LogP contribution >= 0.6 is 0 Å². The lowest BCUT2D eigenvalue weighted by molar-refractivity contribution is 0.660. The van der Waals surface area contributed by atoms with Crippen LogP contribution in [0.1, 0.15) is 25.0 Å². The highest BCUT2D eigenvalue weighted by molar-refractivity contribution is 6.17. The number of furan rings is 1. The molecule has 0 radical (unpaired) electrons. The van der Waals surface area contributed by atoms with E-state index >= 15 is 0 Å². The zero-order valence-electron chi connectivity index (χ0n) is 34.1. The van der Waals surface area contributed by atoms with Crippen LogP contribution in [0.4, 0.5) is 17.1 Å². The van der Waals surface area contributed by atoms with Crippen molar-refractivity contribution in [2.24, 2.45) is 0 Å². The van der Waals surface area contributed by atoms with Gasteiger partial charge in [-0.05, 0) is 126 Å². The van der Waals surface area contributed by atoms with E-state index in [9.17, 15) is 0 Å². The highest BCUT2D eigenvalue weighted by Crippen LogP contribution is 2.53. The zero-order valence-corrected chi connectivity index (χ0v) is 34.1. The minimum Gasteiger partial charge on any atom is -0.456 e. The van der Waals surface area contributed by atoms with Gasteiger partial charge in [0.15, 0.2) is 0 Å². The monoisotopic (exact) mass is 779 g/mol. The SMILES string of the molecule is CC1(C)c2ccccc2-c2ccc(N(c3cccc(-c4ccccc4)c3)c3cccc(-c4ccc5c(c4)oc4ccccc45)c3-c3cc4ccccc4c4ccccc34)cc21. The highest BCUT2D eigenvalue weighted by Gasteiger charge is 2.36. The molecule has 1 aliphatic rings. The summed E-state index contributed by atoms with van der Waals surface area (Å²) in [6.45, 7) is 4.73. The molecule has 0 saturated heterocycles. The van der Waals surface area contributed by atoms with Gasteiger partial charge in [-0.15, -0.1) is 0 Å². The quantitative estimate of drug-likeness (QED) is 0.156. The fourth-order valence-electron chi connectivity index (χ4n) is 10.1. The summed E-state index contributed by atoms with van der Waals surface area (Å²) >= 11 is 0. The molecule has 1 aromatic heterocycles. The van der Waals surface area contributed by atoms with Gasteiger partial charge in [-0.2, -0.15) is 0 Å². The Bertz CT molecular complexity index is 3520. The van der Waals surface area contributed by atoms with Crippen molar-refractivity contribution in [3.63, 3.8) is 0 Å². The molecule has 0 saturated carbocycles. The first-order valence-electron chi connectivity index (χ1n) is 21.2. The molecule has 0 fully saturated rings. The van der Waals surface area contributed by atoms with Crippen molar-refractivity contribution in [3.05, 3.63) is 223 Å². The Morgan fingerprint density at radius 1 is 0.361 bits per heavy atom. The number of rotatable bonds is 6. The summed E-state index contributed by atoms with van der Waals surface area (Å²) in [5, 5.41) is 7.15. The molecule has 0 atom stereocenters. The molecule has 0 aliphatic heterocycles. The molecular formula is C59H41NO. The van der Waals surface area contributed by atoms with Crippen molar-refractivity contribution in [2.75, 3.05) is 4.90 Å². The molecule has 2 nitrogen and oxygen atoms in total. The highest BCUT2D eigenvalue weighted by atomic mass is 16.3. The van der Waals surface area contributed by atoms with Crippen molar-refractivity contribution in [2.45, 2.75) is 19.3 Å². The Hall–Kier alpha value is -7.68. The first kappa shape index (κ1) is 35.3. The Labute approximate surface area is 355 Å². The van der Waals surface area contributed by atoms with E-state index in [1.165, 1.54) is 60.5 Å². The number of benzene rings is 10. The van der Waals surface area contributed by atoms with Crippen LogP contribution in [0, 0.1) is 0 Å². The average Bonchev–Trinajstić information content (AvgIpc) is 3.80. The lowest BCUT2D eigenvalue weighted by Crippen LogP contribution is -2.17. The minimum absolute atomic E-state index is 0.166. The molecule has 0 N–H and O–H groups in total. The molecule has 2 heteroatoms. The van der Waals surface area contributed by atoms with Gasteiger partial charge < -0.3 is 9.32 Å². The van der Waals surface area contributed by atoms with E-state index in [1.807, 2.05) is 6.07 Å². The third-order valence-corrected chi connectivity index (χ3v) is 13.0. The van der Waals surface area contributed by atoms with Crippen LogP contribution in [0.15, 0.2) is 217 Å². The Balaban J connectivity index is 1.18. The molecular weight excluding hydrogens is 739 g/mol. The van der Waals surface area contributed by atoms with Gasteiger partial charge in [-0.25, -0.2) is 0 Å². The Morgan fingerprint density at radius 2 is 1.02 bits per heavy atom. The van der Waals surface area contributed by atoms with E-state index in [4.69, 9.17) is 4.42 Å². The molecule has 10 aromatic carbocycles. The van der Waals surface area contributed by atoms with Crippen LogP contribution in [-0.4, -0.2) is 0 Å². The topological polar surface area (TPSA) is 16.4 Å². The molecule has 0 spiro atoms. The second kappa shape index (κ2) is 13.7. The van der Waals surface area contributed by atoms with Gasteiger partial charge in [-0.1, -0.05) is 172 Å². The molecule has 11 aromatic rings. The zero-order chi connectivity index (χ0) is 40.7. The number of hydrogen-bond donors (Lipinski definition) is 0. The molecule has 288 valence electrons. The maximum atomic E-state index is 6.54. The van der Waals surface area contributed by atoms with Gasteiger partial charge in [0.05, 0.1) is 5.69 Å². The maximum Gasteiger partial charge on any atom is 0.136 e. The van der Waals surface area contributed by atoms with Gasteiger partial charge in [0, 0.05) is 33.1 Å². The summed E-state index contributed by atoms with van der Waals surface area (Å²) < 4.78 is 6.54. The van der Waals surface area contributed by atoms with Crippen molar-refractivity contribution in [3.8, 4) is 44.5 Å². The molecule has 1 heterocycles. The van der Waals surface area contributed by atoms with Crippen molar-refractivity contribution in [1.29, 1.82) is 0 Å². The van der Waals surface area contributed by atoms with Gasteiger partial charge in [0.25, 0.3) is 0 Å². The lowest BCUT2D eigenvalue weighted by atomic mass is 9.82. The predicted molar refractivity (Wildman–Crippen MR) is 257 cm³/mol. The largest absolute Gasteiger partial charge is 0.456 e. The van der Waals surface area contributed by atoms with Crippen LogP contribution in [0.25, 0.3) is 88.0 Å². The maximum absolute atomic E-state index is 6.54. The molecule has 0 bridgehead atoms. The third-order valence-electron chi connectivity index (χ3n) is 13.0. The van der Waals surface area contributed by atoms with Crippen LogP contribution in [-0.2, 0) is 5.41 Å². The van der Waals surface area contributed by atoms with E-state index in [-0.39, 0.29) is 5.41 Å². The van der Waals surface area contributed by atoms with Crippen LogP contribution < -0.4 is 4.90 Å². The van der Waals surface area contributed by atoms with E-state index in [0.29, 0.717) is 0 Å². The first-order chi connectivity index (χ1) is 30.0. The number of nitrogens with zero attached hydrogens (tertiary/aromatic N) is 1. The van der Waals surface area contributed by atoms with Crippen LogP contribution in [0.5, 0.6) is 0 Å². The summed E-state index contributed by atoms with van der Waals surface area (Å²) in [7, 11) is 0. The van der Waals surface area contributed by atoms with Gasteiger partial charge in [0.1, 0.15) is 11.2 Å². The van der Waals surface area contributed by atoms with E-state index < -0.39 is 0 Å². The number of hydrogen-bond acceptors (Lipinski definition) is 2. The Morgan fingerprint density at radius 3 is 1.90 bits per heavy atom. The van der Waals surface area contributed by atoms with Crippen LogP contribution in [0.3, 0.4) is 0 Å². The lowest BCUT2D eigenvalue weighted by Gasteiger charge is -2.31. The summed E-state index contributed by atoms with van der Waals surface area (Å²) in [6, 6.07) is 77.7. The van der Waals surface area contributed by atoms with Crippen molar-refractivity contribution < 1.29 is 4.42 Å². The van der Waals surface area contributed by atoms with Crippen molar-refractivity contribution >= 4 is 60.5 Å². The summed E-state index contributed by atoms with van der Waals surface area (Å²) in [5.74, 6) is 0. The molecule has 12 rings (SSSR count). The molecule has 1 aliphatic carbocycles. The van der Waals surface area contributed by atoms with Gasteiger partial charge in [-0.3, -0.25) is 0 Å². The number of fused-ring (bicyclic) bond motifs is 9. The van der Waals surface area contributed by atoms with Crippen molar-refractivity contribution in [1.82, 2.24) is 0 Å². The van der Waals surface area contributed by atoms with Gasteiger partial charge in [0.2, 0.25) is 0 Å². The number of para-hydroxylation sites is 1. The van der Waals surface area contributed by atoms with E-state index in [2.05, 4.69) is 225 Å². The van der Waals surface area contributed by atoms with E-state index in [0.717, 1.165) is 55.7 Å². The third kappa shape index (κ3) is 5.56.